The van der Waals surface area contributed by atoms with Gasteiger partial charge in [0.2, 0.25) is 0 Å². The molecule has 1 aliphatic carbocycles. The maximum absolute atomic E-state index is 13.9. The van der Waals surface area contributed by atoms with Crippen LogP contribution in [0.3, 0.4) is 0 Å². The van der Waals surface area contributed by atoms with E-state index in [0.29, 0.717) is 5.92 Å². The first-order valence-corrected chi connectivity index (χ1v) is 10.9. The standard InChI is InChI=1S/C28H27NO2/c1-31-26(30)28(25-19-11-12-21(25)20-29-28)27(22-13-5-2-6-14-22,23-15-7-3-8-16-23)24-17-9-4-10-18-24/h2-18,21,25,29H,19-20H2,1H3. The number of rotatable bonds is 5. The molecule has 0 amide bonds. The van der Waals surface area contributed by atoms with Crippen molar-refractivity contribution in [1.29, 1.82) is 0 Å². The zero-order chi connectivity index (χ0) is 21.3. The molecule has 1 aliphatic heterocycles. The molecule has 3 unspecified atom stereocenters. The van der Waals surface area contributed by atoms with Crippen molar-refractivity contribution in [3.63, 3.8) is 0 Å². The van der Waals surface area contributed by atoms with E-state index < -0.39 is 11.0 Å². The summed E-state index contributed by atoms with van der Waals surface area (Å²) in [6.07, 6.45) is 5.33. The molecule has 31 heavy (non-hydrogen) atoms. The molecule has 3 heteroatoms. The van der Waals surface area contributed by atoms with Crippen LogP contribution in [0.2, 0.25) is 0 Å². The van der Waals surface area contributed by atoms with Crippen LogP contribution in [0.25, 0.3) is 0 Å². The minimum atomic E-state index is -0.944. The third-order valence-corrected chi connectivity index (χ3v) is 7.18. The van der Waals surface area contributed by atoms with Crippen molar-refractivity contribution in [2.45, 2.75) is 17.4 Å². The van der Waals surface area contributed by atoms with Gasteiger partial charge in [-0.25, -0.2) is 4.79 Å². The summed E-state index contributed by atoms with van der Waals surface area (Å²) < 4.78 is 5.59. The lowest BCUT2D eigenvalue weighted by Gasteiger charge is -2.51. The fourth-order valence-electron chi connectivity index (χ4n) is 6.02. The van der Waals surface area contributed by atoms with Crippen molar-refractivity contribution < 1.29 is 9.53 Å². The fourth-order valence-corrected chi connectivity index (χ4v) is 6.02. The van der Waals surface area contributed by atoms with Crippen LogP contribution in [0.15, 0.2) is 103 Å². The monoisotopic (exact) mass is 409 g/mol. The minimum absolute atomic E-state index is 0.0977. The minimum Gasteiger partial charge on any atom is -0.468 e. The molecular weight excluding hydrogens is 382 g/mol. The molecule has 0 radical (unpaired) electrons. The molecule has 1 heterocycles. The van der Waals surface area contributed by atoms with E-state index in [4.69, 9.17) is 4.74 Å². The Balaban J connectivity index is 1.93. The van der Waals surface area contributed by atoms with Crippen molar-refractivity contribution in [3.8, 4) is 0 Å². The van der Waals surface area contributed by atoms with E-state index in [-0.39, 0.29) is 11.9 Å². The van der Waals surface area contributed by atoms with Crippen molar-refractivity contribution in [3.05, 3.63) is 120 Å². The molecule has 3 nitrogen and oxygen atoms in total. The summed E-state index contributed by atoms with van der Waals surface area (Å²) in [4.78, 5) is 13.9. The zero-order valence-electron chi connectivity index (χ0n) is 17.7. The number of hydrogen-bond donors (Lipinski definition) is 1. The van der Waals surface area contributed by atoms with Gasteiger partial charge in [-0.1, -0.05) is 103 Å². The van der Waals surface area contributed by atoms with Gasteiger partial charge in [0.15, 0.2) is 0 Å². The van der Waals surface area contributed by atoms with E-state index >= 15 is 0 Å². The van der Waals surface area contributed by atoms with Gasteiger partial charge in [-0.3, -0.25) is 5.32 Å². The van der Waals surface area contributed by atoms with Crippen LogP contribution in [0.5, 0.6) is 0 Å². The summed E-state index contributed by atoms with van der Waals surface area (Å²) in [5.41, 5.74) is 1.54. The van der Waals surface area contributed by atoms with Crippen molar-refractivity contribution in [1.82, 2.24) is 5.32 Å². The van der Waals surface area contributed by atoms with E-state index in [0.717, 1.165) is 29.7 Å². The van der Waals surface area contributed by atoms with E-state index in [1.54, 1.807) is 0 Å². The maximum atomic E-state index is 13.9. The molecule has 0 spiro atoms. The second kappa shape index (κ2) is 7.82. The summed E-state index contributed by atoms with van der Waals surface area (Å²) in [5, 5.41) is 3.73. The van der Waals surface area contributed by atoms with Crippen molar-refractivity contribution >= 4 is 5.97 Å². The third kappa shape index (κ3) is 2.73. The van der Waals surface area contributed by atoms with Gasteiger partial charge in [0.1, 0.15) is 5.54 Å². The molecule has 156 valence electrons. The van der Waals surface area contributed by atoms with Gasteiger partial charge in [0.25, 0.3) is 0 Å². The second-order valence-corrected chi connectivity index (χ2v) is 8.46. The molecule has 3 aromatic rings. The van der Waals surface area contributed by atoms with Crippen molar-refractivity contribution in [2.75, 3.05) is 13.7 Å². The van der Waals surface area contributed by atoms with Gasteiger partial charge in [0.05, 0.1) is 12.5 Å². The predicted molar refractivity (Wildman–Crippen MR) is 123 cm³/mol. The quantitative estimate of drug-likeness (QED) is 0.376. The smallest absolute Gasteiger partial charge is 0.328 e. The normalized spacial score (nSPS) is 24.7. The zero-order valence-corrected chi connectivity index (χ0v) is 17.7. The first-order chi connectivity index (χ1) is 15.2. The Labute approximate surface area is 183 Å². The Hall–Kier alpha value is -3.17. The Bertz CT molecular complexity index is 981. The number of nitrogens with one attached hydrogen (secondary N) is 1. The number of esters is 1. The Morgan fingerprint density at radius 2 is 1.35 bits per heavy atom. The SMILES string of the molecule is COC(=O)C1(C(c2ccccc2)(c2ccccc2)c2ccccc2)NCC2C=CCC21. The third-order valence-electron chi connectivity index (χ3n) is 7.18. The van der Waals surface area contributed by atoms with Crippen LogP contribution in [0.4, 0.5) is 0 Å². The van der Waals surface area contributed by atoms with E-state index in [2.05, 4.69) is 90.3 Å². The molecule has 3 atom stereocenters. The summed E-state index contributed by atoms with van der Waals surface area (Å²) in [5.74, 6) is 0.190. The highest BCUT2D eigenvalue weighted by atomic mass is 16.5. The topological polar surface area (TPSA) is 38.3 Å². The average Bonchev–Trinajstić information content (AvgIpc) is 3.45. The van der Waals surface area contributed by atoms with E-state index in [9.17, 15) is 4.79 Å². The molecule has 3 aromatic carbocycles. The van der Waals surface area contributed by atoms with Gasteiger partial charge in [-0.15, -0.1) is 0 Å². The summed E-state index contributed by atoms with van der Waals surface area (Å²) >= 11 is 0. The fraction of sp³-hybridized carbons (Fsp3) is 0.250. The molecule has 1 N–H and O–H groups in total. The number of allylic oxidation sites excluding steroid dienone is 1. The molecule has 1 saturated heterocycles. The molecule has 5 rings (SSSR count). The summed E-state index contributed by atoms with van der Waals surface area (Å²) in [7, 11) is 1.51. The molecule has 0 bridgehead atoms. The Kier molecular flexibility index (Phi) is 4.99. The highest BCUT2D eigenvalue weighted by Crippen LogP contribution is 2.56. The van der Waals surface area contributed by atoms with Crippen LogP contribution in [0, 0.1) is 11.8 Å². The van der Waals surface area contributed by atoms with Gasteiger partial charge < -0.3 is 4.74 Å². The number of carbonyl (C=O) groups excluding carboxylic acids is 1. The number of benzene rings is 3. The van der Waals surface area contributed by atoms with Crippen LogP contribution in [0.1, 0.15) is 23.1 Å². The Morgan fingerprint density at radius 3 is 1.81 bits per heavy atom. The predicted octanol–water partition coefficient (Wildman–Crippen LogP) is 4.73. The lowest BCUT2D eigenvalue weighted by Crippen LogP contribution is -2.67. The van der Waals surface area contributed by atoms with Crippen molar-refractivity contribution in [2.24, 2.45) is 11.8 Å². The van der Waals surface area contributed by atoms with Gasteiger partial charge in [-0.05, 0) is 29.0 Å². The van der Waals surface area contributed by atoms with Gasteiger partial charge >= 0.3 is 5.97 Å². The second-order valence-electron chi connectivity index (χ2n) is 8.46. The number of hydrogen-bond acceptors (Lipinski definition) is 3. The van der Waals surface area contributed by atoms with E-state index in [1.165, 1.54) is 7.11 Å². The number of carbonyl (C=O) groups is 1. The van der Waals surface area contributed by atoms with Gasteiger partial charge in [-0.2, -0.15) is 0 Å². The first-order valence-electron chi connectivity index (χ1n) is 10.9. The summed E-state index contributed by atoms with van der Waals surface area (Å²) in [6, 6.07) is 31.3. The molecule has 2 aliphatic rings. The van der Waals surface area contributed by atoms with Crippen LogP contribution >= 0.6 is 0 Å². The number of fused-ring (bicyclic) bond motifs is 1. The molecule has 0 saturated carbocycles. The van der Waals surface area contributed by atoms with Crippen LogP contribution < -0.4 is 5.32 Å². The van der Waals surface area contributed by atoms with Gasteiger partial charge in [0, 0.05) is 12.5 Å². The Morgan fingerprint density at radius 1 is 0.871 bits per heavy atom. The maximum Gasteiger partial charge on any atom is 0.328 e. The molecule has 1 fully saturated rings. The highest BCUT2D eigenvalue weighted by Gasteiger charge is 2.67. The average molecular weight is 410 g/mol. The lowest BCUT2D eigenvalue weighted by atomic mass is 9.53. The molecular formula is C28H27NO2. The summed E-state index contributed by atoms with van der Waals surface area (Å²) in [6.45, 7) is 0.754. The van der Waals surface area contributed by atoms with E-state index in [1.807, 2.05) is 18.2 Å². The van der Waals surface area contributed by atoms with Crippen LogP contribution in [-0.4, -0.2) is 25.2 Å². The first kappa shape index (κ1) is 19.8. The number of methoxy groups -OCH3 is 1. The molecule has 0 aromatic heterocycles. The highest BCUT2D eigenvalue weighted by molar-refractivity contribution is 5.88. The van der Waals surface area contributed by atoms with Crippen LogP contribution in [-0.2, 0) is 14.9 Å². The number of ether oxygens (including phenoxy) is 1. The lowest BCUT2D eigenvalue weighted by molar-refractivity contribution is -0.152. The largest absolute Gasteiger partial charge is 0.468 e.